The third-order valence-electron chi connectivity index (χ3n) is 6.18. The minimum atomic E-state index is -3.20. The number of aryl methyl sites for hydroxylation is 1. The molecule has 8 nitrogen and oxygen atoms in total. The second kappa shape index (κ2) is 7.70. The summed E-state index contributed by atoms with van der Waals surface area (Å²) in [5, 5.41) is 0. The first kappa shape index (κ1) is 20.3. The number of hydrogen-bond acceptors (Lipinski definition) is 5. The molecule has 0 N–H and O–H groups in total. The Bertz CT molecular complexity index is 1060. The second-order valence-corrected chi connectivity index (χ2v) is 10.6. The maximum Gasteiger partial charge on any atom is 0.255 e. The Balaban J connectivity index is 1.55. The zero-order valence-electron chi connectivity index (χ0n) is 17.3. The number of piperidine rings is 1. The Hall–Kier alpha value is -1.97. The summed E-state index contributed by atoms with van der Waals surface area (Å²) < 4.78 is 30.2. The fraction of sp³-hybridized carbons (Fsp3) is 0.600. The van der Waals surface area contributed by atoms with Crippen LogP contribution in [0.5, 0.6) is 0 Å². The highest BCUT2D eigenvalue weighted by molar-refractivity contribution is 7.89. The van der Waals surface area contributed by atoms with Gasteiger partial charge in [-0.05, 0) is 32.4 Å². The van der Waals surface area contributed by atoms with Gasteiger partial charge in [0.1, 0.15) is 5.82 Å². The van der Waals surface area contributed by atoms with Gasteiger partial charge in [-0.15, -0.1) is 0 Å². The molecule has 1 saturated heterocycles. The molecule has 2 aromatic rings. The molecule has 0 radical (unpaired) electrons. The van der Waals surface area contributed by atoms with Gasteiger partial charge in [-0.3, -0.25) is 9.69 Å². The van der Waals surface area contributed by atoms with Crippen LogP contribution in [-0.4, -0.2) is 57.6 Å². The Labute approximate surface area is 171 Å². The number of fused-ring (bicyclic) bond motifs is 4. The van der Waals surface area contributed by atoms with Crippen LogP contribution in [0.1, 0.15) is 36.3 Å². The van der Waals surface area contributed by atoms with Crippen LogP contribution in [-0.2, 0) is 36.7 Å². The Kier molecular flexibility index (Phi) is 5.39. The van der Waals surface area contributed by atoms with Gasteiger partial charge in [0.25, 0.3) is 5.56 Å². The average molecular weight is 420 g/mol. The van der Waals surface area contributed by atoms with Crippen molar-refractivity contribution in [2.24, 2.45) is 13.0 Å². The van der Waals surface area contributed by atoms with Gasteiger partial charge in [-0.1, -0.05) is 6.07 Å². The molecule has 0 spiro atoms. The topological polar surface area (TPSA) is 80.4 Å². The highest BCUT2D eigenvalue weighted by Crippen LogP contribution is 2.36. The summed E-state index contributed by atoms with van der Waals surface area (Å²) in [7, 11) is 0.752. The smallest absolute Gasteiger partial charge is 0.255 e. The molecule has 9 heteroatoms. The van der Waals surface area contributed by atoms with Crippen LogP contribution in [0, 0.1) is 5.92 Å². The van der Waals surface area contributed by atoms with E-state index in [1.54, 1.807) is 17.4 Å². The molecule has 0 aliphatic carbocycles. The summed E-state index contributed by atoms with van der Waals surface area (Å²) in [6.45, 7) is 4.49. The molecule has 2 aliphatic heterocycles. The number of rotatable bonds is 6. The zero-order valence-corrected chi connectivity index (χ0v) is 18.1. The van der Waals surface area contributed by atoms with Crippen LogP contribution in [0.25, 0.3) is 0 Å². The number of sulfonamides is 1. The third-order valence-corrected chi connectivity index (χ3v) is 7.99. The van der Waals surface area contributed by atoms with Crippen LogP contribution < -0.4 is 5.56 Å². The highest BCUT2D eigenvalue weighted by atomic mass is 32.2. The van der Waals surface area contributed by atoms with E-state index in [-0.39, 0.29) is 23.1 Å². The van der Waals surface area contributed by atoms with E-state index in [0.29, 0.717) is 32.7 Å². The predicted molar refractivity (Wildman–Crippen MR) is 111 cm³/mol. The van der Waals surface area contributed by atoms with Gasteiger partial charge in [0.2, 0.25) is 10.0 Å². The van der Waals surface area contributed by atoms with Crippen molar-refractivity contribution >= 4 is 10.0 Å². The first-order chi connectivity index (χ1) is 13.8. The molecular formula is C20H29N5O3S. The molecule has 0 amide bonds. The standard InChI is InChI=1S/C20H29N5O3S/c1-4-29(27,28)24-10-15-9-17(13-24)18-6-5-16(20(26)25(18)11-15)12-22(2)14-19-21-7-8-23(19)3/h5-8,15,17H,4,9-14H2,1-3H3/t15-,17+/m0/s1. The number of aromatic nitrogens is 3. The normalized spacial score (nSPS) is 22.1. The zero-order chi connectivity index (χ0) is 20.8. The molecule has 0 unspecified atom stereocenters. The number of pyridine rings is 1. The number of hydrogen-bond donors (Lipinski definition) is 0. The fourth-order valence-electron chi connectivity index (χ4n) is 4.61. The summed E-state index contributed by atoms with van der Waals surface area (Å²) in [5.74, 6) is 1.37. The van der Waals surface area contributed by atoms with Crippen molar-refractivity contribution in [1.82, 2.24) is 23.3 Å². The van der Waals surface area contributed by atoms with E-state index < -0.39 is 10.0 Å². The molecular weight excluding hydrogens is 390 g/mol. The van der Waals surface area contributed by atoms with Crippen molar-refractivity contribution in [3.8, 4) is 0 Å². The fourth-order valence-corrected chi connectivity index (χ4v) is 5.82. The van der Waals surface area contributed by atoms with Crippen molar-refractivity contribution in [2.75, 3.05) is 25.9 Å². The Morgan fingerprint density at radius 1 is 1.21 bits per heavy atom. The van der Waals surface area contributed by atoms with Crippen molar-refractivity contribution in [3.63, 3.8) is 0 Å². The summed E-state index contributed by atoms with van der Waals surface area (Å²) in [6, 6.07) is 3.94. The van der Waals surface area contributed by atoms with E-state index in [0.717, 1.165) is 23.5 Å². The van der Waals surface area contributed by atoms with Gasteiger partial charge in [0.15, 0.2) is 0 Å². The van der Waals surface area contributed by atoms with Gasteiger partial charge in [-0.25, -0.2) is 17.7 Å². The van der Waals surface area contributed by atoms with E-state index in [9.17, 15) is 13.2 Å². The van der Waals surface area contributed by atoms with Gasteiger partial charge in [0.05, 0.1) is 12.3 Å². The molecule has 0 saturated carbocycles. The van der Waals surface area contributed by atoms with Crippen LogP contribution in [0.15, 0.2) is 29.3 Å². The minimum Gasteiger partial charge on any atom is -0.337 e. The molecule has 158 valence electrons. The second-order valence-electron chi connectivity index (χ2n) is 8.34. The van der Waals surface area contributed by atoms with E-state index in [1.807, 2.05) is 41.6 Å². The minimum absolute atomic E-state index is 0.0516. The van der Waals surface area contributed by atoms with Crippen molar-refractivity contribution < 1.29 is 8.42 Å². The molecule has 4 heterocycles. The molecule has 2 aliphatic rings. The van der Waals surface area contributed by atoms with Crippen molar-refractivity contribution in [3.05, 3.63) is 52.0 Å². The first-order valence-corrected chi connectivity index (χ1v) is 11.7. The molecule has 2 aromatic heterocycles. The van der Waals surface area contributed by atoms with E-state index in [2.05, 4.69) is 9.88 Å². The number of nitrogens with zero attached hydrogens (tertiary/aromatic N) is 5. The lowest BCUT2D eigenvalue weighted by Gasteiger charge is -2.42. The van der Waals surface area contributed by atoms with Crippen LogP contribution >= 0.6 is 0 Å². The SMILES string of the molecule is CCS(=O)(=O)N1C[C@@H]2C[C@H](C1)c1ccc(CN(C)Cc3nccn3C)c(=O)n1C2. The number of imidazole rings is 1. The monoisotopic (exact) mass is 419 g/mol. The molecule has 1 fully saturated rings. The summed E-state index contributed by atoms with van der Waals surface area (Å²) in [4.78, 5) is 19.6. The summed E-state index contributed by atoms with van der Waals surface area (Å²) in [5.41, 5.74) is 1.79. The summed E-state index contributed by atoms with van der Waals surface area (Å²) >= 11 is 0. The molecule has 29 heavy (non-hydrogen) atoms. The first-order valence-electron chi connectivity index (χ1n) is 10.1. The van der Waals surface area contributed by atoms with E-state index in [4.69, 9.17) is 0 Å². The van der Waals surface area contributed by atoms with Crippen molar-refractivity contribution in [2.45, 2.75) is 38.9 Å². The molecule has 2 atom stereocenters. The Morgan fingerprint density at radius 2 is 2.00 bits per heavy atom. The molecule has 0 aromatic carbocycles. The summed E-state index contributed by atoms with van der Waals surface area (Å²) in [6.07, 6.45) is 4.64. The third kappa shape index (κ3) is 3.91. The van der Waals surface area contributed by atoms with Crippen LogP contribution in [0.2, 0.25) is 0 Å². The van der Waals surface area contributed by atoms with Gasteiger partial charge in [0, 0.05) is 62.8 Å². The molecule has 2 bridgehead atoms. The van der Waals surface area contributed by atoms with Gasteiger partial charge < -0.3 is 9.13 Å². The van der Waals surface area contributed by atoms with E-state index >= 15 is 0 Å². The maximum absolute atomic E-state index is 13.2. The quantitative estimate of drug-likeness (QED) is 0.697. The van der Waals surface area contributed by atoms with Crippen LogP contribution in [0.3, 0.4) is 0 Å². The lowest BCUT2D eigenvalue weighted by atomic mass is 9.84. The predicted octanol–water partition coefficient (Wildman–Crippen LogP) is 0.983. The van der Waals surface area contributed by atoms with Crippen molar-refractivity contribution in [1.29, 1.82) is 0 Å². The largest absolute Gasteiger partial charge is 0.337 e. The van der Waals surface area contributed by atoms with Crippen LogP contribution in [0.4, 0.5) is 0 Å². The lowest BCUT2D eigenvalue weighted by Crippen LogP contribution is -2.49. The Morgan fingerprint density at radius 3 is 2.69 bits per heavy atom. The van der Waals surface area contributed by atoms with Gasteiger partial charge in [-0.2, -0.15) is 0 Å². The highest BCUT2D eigenvalue weighted by Gasteiger charge is 2.38. The van der Waals surface area contributed by atoms with Gasteiger partial charge >= 0.3 is 0 Å². The molecule has 4 rings (SSSR count). The van der Waals surface area contributed by atoms with E-state index in [1.165, 1.54) is 0 Å². The maximum atomic E-state index is 13.2. The average Bonchev–Trinajstić information content (AvgIpc) is 3.08. The lowest BCUT2D eigenvalue weighted by molar-refractivity contribution is 0.185.